The SMILES string of the molecule is O=NN1CCCC[C@H]1[C@H](O)c1cc(C(F)(F)F)nc2c(C(F)(F)F)cccc12. The molecule has 0 unspecified atom stereocenters. The number of rotatable bonds is 3. The van der Waals surface area contributed by atoms with E-state index in [1.54, 1.807) is 0 Å². The Balaban J connectivity index is 2.24. The maximum absolute atomic E-state index is 13.3. The topological polar surface area (TPSA) is 65.8 Å². The Bertz CT molecular complexity index is 884. The summed E-state index contributed by atoms with van der Waals surface area (Å²) in [7, 11) is 0. The minimum Gasteiger partial charge on any atom is -0.386 e. The van der Waals surface area contributed by atoms with Crippen LogP contribution in [0.1, 0.15) is 42.2 Å². The number of para-hydroxylation sites is 1. The zero-order valence-electron chi connectivity index (χ0n) is 14.3. The van der Waals surface area contributed by atoms with Crippen molar-refractivity contribution in [1.29, 1.82) is 0 Å². The van der Waals surface area contributed by atoms with Gasteiger partial charge in [0.25, 0.3) is 0 Å². The highest BCUT2D eigenvalue weighted by molar-refractivity contribution is 5.86. The van der Waals surface area contributed by atoms with Gasteiger partial charge < -0.3 is 5.11 Å². The van der Waals surface area contributed by atoms with Crippen molar-refractivity contribution < 1.29 is 31.4 Å². The first-order valence-corrected chi connectivity index (χ1v) is 8.40. The second-order valence-electron chi connectivity index (χ2n) is 6.55. The molecule has 28 heavy (non-hydrogen) atoms. The molecule has 1 saturated heterocycles. The number of hydrogen-bond donors (Lipinski definition) is 1. The van der Waals surface area contributed by atoms with Crippen LogP contribution in [0.15, 0.2) is 29.6 Å². The number of fused-ring (bicyclic) bond motifs is 1. The molecule has 1 aromatic carbocycles. The summed E-state index contributed by atoms with van der Waals surface area (Å²) in [6.45, 7) is 0.203. The highest BCUT2D eigenvalue weighted by atomic mass is 19.4. The van der Waals surface area contributed by atoms with Crippen molar-refractivity contribution in [2.45, 2.75) is 43.8 Å². The number of halogens is 6. The molecule has 1 fully saturated rings. The molecule has 0 amide bonds. The summed E-state index contributed by atoms with van der Waals surface area (Å²) in [6, 6.07) is 2.42. The molecule has 2 heterocycles. The van der Waals surface area contributed by atoms with Gasteiger partial charge in [0.15, 0.2) is 0 Å². The second kappa shape index (κ2) is 7.19. The molecular formula is C17H15F6N3O2. The van der Waals surface area contributed by atoms with Crippen LogP contribution in [0.5, 0.6) is 0 Å². The quantitative estimate of drug-likeness (QED) is 0.584. The first kappa shape index (κ1) is 20.3. The van der Waals surface area contributed by atoms with Crippen molar-refractivity contribution >= 4 is 10.9 Å². The lowest BCUT2D eigenvalue weighted by atomic mass is 9.91. The number of nitroso groups, excluding NO2 is 1. The van der Waals surface area contributed by atoms with Gasteiger partial charge in [-0.3, -0.25) is 5.01 Å². The third-order valence-corrected chi connectivity index (χ3v) is 4.78. The monoisotopic (exact) mass is 407 g/mol. The van der Waals surface area contributed by atoms with E-state index < -0.39 is 41.3 Å². The lowest BCUT2D eigenvalue weighted by Crippen LogP contribution is -2.39. The fraction of sp³-hybridized carbons (Fsp3) is 0.471. The third-order valence-electron chi connectivity index (χ3n) is 4.78. The molecule has 5 nitrogen and oxygen atoms in total. The number of hydrogen-bond acceptors (Lipinski definition) is 4. The molecule has 1 aliphatic heterocycles. The van der Waals surface area contributed by atoms with Gasteiger partial charge in [-0.2, -0.15) is 26.3 Å². The zero-order chi connectivity index (χ0) is 20.7. The normalized spacial score (nSPS) is 19.7. The number of nitrogens with zero attached hydrogens (tertiary/aromatic N) is 3. The predicted molar refractivity (Wildman–Crippen MR) is 86.8 cm³/mol. The summed E-state index contributed by atoms with van der Waals surface area (Å²) in [5.41, 5.74) is -4.16. The van der Waals surface area contributed by atoms with Crippen LogP contribution in [-0.2, 0) is 12.4 Å². The molecule has 0 bridgehead atoms. The first-order chi connectivity index (χ1) is 13.0. The van der Waals surface area contributed by atoms with E-state index in [9.17, 15) is 36.4 Å². The van der Waals surface area contributed by atoms with Gasteiger partial charge in [0.1, 0.15) is 11.8 Å². The molecular weight excluding hydrogens is 392 g/mol. The summed E-state index contributed by atoms with van der Waals surface area (Å²) in [6.07, 6.45) is -10.1. The van der Waals surface area contributed by atoms with Crippen LogP contribution in [-0.4, -0.2) is 27.7 Å². The minimum absolute atomic E-state index is 0.203. The molecule has 0 saturated carbocycles. The number of aliphatic hydroxyl groups excluding tert-OH is 1. The third kappa shape index (κ3) is 3.75. The fourth-order valence-electron chi connectivity index (χ4n) is 3.46. The number of pyridine rings is 1. The van der Waals surface area contributed by atoms with Gasteiger partial charge in [-0.25, -0.2) is 4.98 Å². The van der Waals surface area contributed by atoms with Crippen LogP contribution in [0, 0.1) is 4.91 Å². The highest BCUT2D eigenvalue weighted by Gasteiger charge is 2.39. The van der Waals surface area contributed by atoms with E-state index in [0.29, 0.717) is 25.0 Å². The number of aliphatic hydroxyl groups is 1. The summed E-state index contributed by atoms with van der Waals surface area (Å²) >= 11 is 0. The van der Waals surface area contributed by atoms with Crippen LogP contribution in [0.4, 0.5) is 26.3 Å². The van der Waals surface area contributed by atoms with E-state index in [0.717, 1.165) is 17.1 Å². The molecule has 2 atom stereocenters. The lowest BCUT2D eigenvalue weighted by Gasteiger charge is -2.34. The van der Waals surface area contributed by atoms with E-state index in [1.165, 1.54) is 0 Å². The smallest absolute Gasteiger partial charge is 0.386 e. The lowest BCUT2D eigenvalue weighted by molar-refractivity contribution is -0.142. The highest BCUT2D eigenvalue weighted by Crippen LogP contribution is 2.40. The van der Waals surface area contributed by atoms with Gasteiger partial charge >= 0.3 is 12.4 Å². The van der Waals surface area contributed by atoms with Crippen LogP contribution >= 0.6 is 0 Å². The molecule has 1 N–H and O–H groups in total. The van der Waals surface area contributed by atoms with Crippen molar-refractivity contribution in [2.24, 2.45) is 5.29 Å². The minimum atomic E-state index is -5.02. The largest absolute Gasteiger partial charge is 0.433 e. The molecule has 152 valence electrons. The average Bonchev–Trinajstić information content (AvgIpc) is 2.64. The number of benzene rings is 1. The Morgan fingerprint density at radius 1 is 1.14 bits per heavy atom. The van der Waals surface area contributed by atoms with E-state index >= 15 is 0 Å². The number of piperidine rings is 1. The fourth-order valence-corrected chi connectivity index (χ4v) is 3.46. The van der Waals surface area contributed by atoms with Crippen molar-refractivity contribution in [1.82, 2.24) is 9.99 Å². The standard InChI is InChI=1S/C17H15F6N3O2/c18-16(19,20)11-5-3-4-9-10(8-13(17(21,22)23)24-14(9)11)15(27)12-6-1-2-7-26(12)25-28/h3-5,8,12,15,27H,1-2,6-7H2/t12-,15+/m0/s1. The van der Waals surface area contributed by atoms with Crippen LogP contribution in [0.3, 0.4) is 0 Å². The van der Waals surface area contributed by atoms with Crippen molar-refractivity contribution in [3.8, 4) is 0 Å². The Labute approximate surface area is 154 Å². The molecule has 3 rings (SSSR count). The van der Waals surface area contributed by atoms with Crippen molar-refractivity contribution in [3.63, 3.8) is 0 Å². The maximum atomic E-state index is 13.3. The average molecular weight is 407 g/mol. The first-order valence-electron chi connectivity index (χ1n) is 8.40. The van der Waals surface area contributed by atoms with Crippen molar-refractivity contribution in [3.05, 3.63) is 46.0 Å². The molecule has 0 aliphatic carbocycles. The Morgan fingerprint density at radius 3 is 2.46 bits per heavy atom. The van der Waals surface area contributed by atoms with Crippen LogP contribution in [0.25, 0.3) is 10.9 Å². The van der Waals surface area contributed by atoms with Gasteiger partial charge in [0.2, 0.25) is 0 Å². The van der Waals surface area contributed by atoms with E-state index in [-0.39, 0.29) is 23.9 Å². The molecule has 0 spiro atoms. The van der Waals surface area contributed by atoms with Crippen LogP contribution in [0.2, 0.25) is 0 Å². The summed E-state index contributed by atoms with van der Waals surface area (Å²) in [5.74, 6) is 0. The Hall–Kier alpha value is -2.43. The zero-order valence-corrected chi connectivity index (χ0v) is 14.3. The maximum Gasteiger partial charge on any atom is 0.433 e. The Kier molecular flexibility index (Phi) is 5.22. The van der Waals surface area contributed by atoms with Gasteiger partial charge in [0, 0.05) is 11.9 Å². The molecule has 1 aromatic heterocycles. The van der Waals surface area contributed by atoms with E-state index in [4.69, 9.17) is 0 Å². The summed E-state index contributed by atoms with van der Waals surface area (Å²) < 4.78 is 79.7. The molecule has 1 aliphatic rings. The second-order valence-corrected chi connectivity index (χ2v) is 6.55. The van der Waals surface area contributed by atoms with Gasteiger partial charge in [-0.1, -0.05) is 12.1 Å². The van der Waals surface area contributed by atoms with Gasteiger partial charge in [-0.15, -0.1) is 4.91 Å². The van der Waals surface area contributed by atoms with Gasteiger partial charge in [-0.05, 0) is 37.0 Å². The van der Waals surface area contributed by atoms with Crippen molar-refractivity contribution in [2.75, 3.05) is 6.54 Å². The summed E-state index contributed by atoms with van der Waals surface area (Å²) in [5, 5.41) is 14.3. The molecule has 2 aromatic rings. The predicted octanol–water partition coefficient (Wildman–Crippen LogP) is 4.84. The van der Waals surface area contributed by atoms with E-state index in [1.807, 2.05) is 0 Å². The summed E-state index contributed by atoms with van der Waals surface area (Å²) in [4.78, 5) is 14.2. The van der Waals surface area contributed by atoms with E-state index in [2.05, 4.69) is 10.3 Å². The Morgan fingerprint density at radius 2 is 1.86 bits per heavy atom. The van der Waals surface area contributed by atoms with Gasteiger partial charge in [0.05, 0.1) is 22.4 Å². The molecule has 11 heteroatoms. The number of aromatic nitrogens is 1. The molecule has 0 radical (unpaired) electrons. The van der Waals surface area contributed by atoms with Crippen LogP contribution < -0.4 is 0 Å². The number of alkyl halides is 6.